The van der Waals surface area contributed by atoms with Crippen LogP contribution in [0.15, 0.2) is 28.0 Å². The second-order valence-electron chi connectivity index (χ2n) is 5.50. The molecule has 112 valence electrons. The molecule has 0 atom stereocenters. The van der Waals surface area contributed by atoms with Gasteiger partial charge in [-0.1, -0.05) is 0 Å². The van der Waals surface area contributed by atoms with Gasteiger partial charge in [0, 0.05) is 31.9 Å². The first-order chi connectivity index (χ1) is 9.39. The fourth-order valence-corrected chi connectivity index (χ4v) is 3.99. The topological polar surface area (TPSA) is 73.5 Å². The highest BCUT2D eigenvalue weighted by Gasteiger charge is 2.29. The van der Waals surface area contributed by atoms with Crippen molar-refractivity contribution in [2.24, 2.45) is 5.92 Å². The third-order valence-corrected chi connectivity index (χ3v) is 5.48. The molecular weight excluding hydrogens is 278 g/mol. The number of H-pyrrole nitrogens is 1. The summed E-state index contributed by atoms with van der Waals surface area (Å²) in [6.07, 6.45) is 3.02. The maximum Gasteiger partial charge on any atom is 0.247 e. The minimum Gasteiger partial charge on any atom is -0.328 e. The van der Waals surface area contributed by atoms with Crippen molar-refractivity contribution in [2.45, 2.75) is 17.7 Å². The minimum atomic E-state index is -3.48. The fraction of sp³-hybridized carbons (Fsp3) is 0.615. The van der Waals surface area contributed by atoms with Crippen LogP contribution in [0.2, 0.25) is 0 Å². The Morgan fingerprint density at radius 3 is 2.45 bits per heavy atom. The van der Waals surface area contributed by atoms with Gasteiger partial charge in [0.1, 0.15) is 0 Å². The average molecular weight is 299 g/mol. The highest BCUT2D eigenvalue weighted by molar-refractivity contribution is 7.89. The number of hydrogen-bond donors (Lipinski definition) is 1. The molecule has 0 amide bonds. The molecule has 1 N–H and O–H groups in total. The zero-order valence-electron chi connectivity index (χ0n) is 11.9. The molecule has 20 heavy (non-hydrogen) atoms. The van der Waals surface area contributed by atoms with Crippen LogP contribution in [0.3, 0.4) is 0 Å². The number of sulfonamides is 1. The third-order valence-electron chi connectivity index (χ3n) is 3.59. The fourth-order valence-electron chi connectivity index (χ4n) is 2.55. The van der Waals surface area contributed by atoms with Crippen molar-refractivity contribution in [3.63, 3.8) is 0 Å². The van der Waals surface area contributed by atoms with Gasteiger partial charge in [-0.25, -0.2) is 8.42 Å². The van der Waals surface area contributed by atoms with Gasteiger partial charge in [0.05, 0.1) is 4.90 Å². The number of rotatable bonds is 4. The summed E-state index contributed by atoms with van der Waals surface area (Å²) in [6.45, 7) is 2.08. The van der Waals surface area contributed by atoms with Crippen LogP contribution in [0.5, 0.6) is 0 Å². The Balaban J connectivity index is 2.05. The van der Waals surface area contributed by atoms with Crippen LogP contribution in [0.4, 0.5) is 0 Å². The molecule has 0 aliphatic carbocycles. The number of piperidine rings is 1. The van der Waals surface area contributed by atoms with E-state index in [1.807, 2.05) is 14.1 Å². The van der Waals surface area contributed by atoms with Gasteiger partial charge < -0.3 is 9.88 Å². The monoisotopic (exact) mass is 299 g/mol. The van der Waals surface area contributed by atoms with E-state index >= 15 is 0 Å². The van der Waals surface area contributed by atoms with E-state index in [1.165, 1.54) is 22.6 Å². The smallest absolute Gasteiger partial charge is 0.247 e. The molecule has 1 aromatic heterocycles. The molecule has 0 spiro atoms. The van der Waals surface area contributed by atoms with Gasteiger partial charge >= 0.3 is 0 Å². The Hall–Kier alpha value is -1.18. The molecule has 0 radical (unpaired) electrons. The molecule has 0 bridgehead atoms. The molecule has 0 unspecified atom stereocenters. The summed E-state index contributed by atoms with van der Waals surface area (Å²) in [7, 11) is 0.581. The summed E-state index contributed by atoms with van der Waals surface area (Å²) in [6, 6.07) is 2.60. The highest BCUT2D eigenvalue weighted by Crippen LogP contribution is 2.23. The number of aromatic nitrogens is 1. The largest absolute Gasteiger partial charge is 0.328 e. The van der Waals surface area contributed by atoms with Crippen molar-refractivity contribution in [1.29, 1.82) is 0 Å². The highest BCUT2D eigenvalue weighted by atomic mass is 32.2. The first-order valence-corrected chi connectivity index (χ1v) is 8.17. The van der Waals surface area contributed by atoms with Crippen LogP contribution >= 0.6 is 0 Å². The normalized spacial score (nSPS) is 18.6. The summed E-state index contributed by atoms with van der Waals surface area (Å²) in [5, 5.41) is 0. The predicted octanol–water partition coefficient (Wildman–Crippen LogP) is 0.337. The van der Waals surface area contributed by atoms with Gasteiger partial charge in [0.2, 0.25) is 15.6 Å². The van der Waals surface area contributed by atoms with Crippen molar-refractivity contribution in [2.75, 3.05) is 33.7 Å². The van der Waals surface area contributed by atoms with Crippen molar-refractivity contribution in [3.05, 3.63) is 28.7 Å². The standard InChI is InChI=1S/C13H21N3O3S/c1-15(2)10-11-5-7-16(8-6-11)20(18,19)12-3-4-13(17)14-9-12/h3-4,9,11H,5-8,10H2,1-2H3,(H,14,17). The predicted molar refractivity (Wildman–Crippen MR) is 77.1 cm³/mol. The van der Waals surface area contributed by atoms with Crippen molar-refractivity contribution in [3.8, 4) is 0 Å². The first kappa shape index (κ1) is 15.2. The van der Waals surface area contributed by atoms with E-state index in [2.05, 4.69) is 9.88 Å². The van der Waals surface area contributed by atoms with E-state index in [-0.39, 0.29) is 10.5 Å². The SMILES string of the molecule is CN(C)CC1CCN(S(=O)(=O)c2ccc(=O)[nH]c2)CC1. The molecule has 1 aromatic rings. The zero-order valence-corrected chi connectivity index (χ0v) is 12.7. The molecular formula is C13H21N3O3S. The molecule has 7 heteroatoms. The van der Waals surface area contributed by atoms with Crippen molar-refractivity contribution < 1.29 is 8.42 Å². The molecule has 2 rings (SSSR count). The molecule has 6 nitrogen and oxygen atoms in total. The maximum absolute atomic E-state index is 12.4. The summed E-state index contributed by atoms with van der Waals surface area (Å²) in [4.78, 5) is 15.7. The van der Waals surface area contributed by atoms with Crippen LogP contribution < -0.4 is 5.56 Å². The average Bonchev–Trinajstić information content (AvgIpc) is 2.39. The Morgan fingerprint density at radius 1 is 1.30 bits per heavy atom. The lowest BCUT2D eigenvalue weighted by atomic mass is 9.98. The number of pyridine rings is 1. The summed E-state index contributed by atoms with van der Waals surface area (Å²) in [5.74, 6) is 0.548. The van der Waals surface area contributed by atoms with Crippen LogP contribution in [0.25, 0.3) is 0 Å². The third kappa shape index (κ3) is 3.47. The summed E-state index contributed by atoms with van der Waals surface area (Å²) < 4.78 is 26.3. The van der Waals surface area contributed by atoms with E-state index in [9.17, 15) is 13.2 Å². The van der Waals surface area contributed by atoms with E-state index in [0.717, 1.165) is 19.4 Å². The van der Waals surface area contributed by atoms with Gasteiger partial charge in [-0.15, -0.1) is 0 Å². The molecule has 1 aliphatic heterocycles. The first-order valence-electron chi connectivity index (χ1n) is 6.73. The van der Waals surface area contributed by atoms with Gasteiger partial charge in [0.15, 0.2) is 0 Å². The lowest BCUT2D eigenvalue weighted by Crippen LogP contribution is -2.40. The molecule has 1 fully saturated rings. The number of nitrogens with one attached hydrogen (secondary N) is 1. The molecule has 2 heterocycles. The van der Waals surface area contributed by atoms with Crippen molar-refractivity contribution >= 4 is 10.0 Å². The van der Waals surface area contributed by atoms with Gasteiger partial charge in [0.25, 0.3) is 0 Å². The Labute approximate surface area is 119 Å². The number of nitrogens with zero attached hydrogens (tertiary/aromatic N) is 2. The van der Waals surface area contributed by atoms with Crippen LogP contribution in [0.1, 0.15) is 12.8 Å². The second-order valence-corrected chi connectivity index (χ2v) is 7.44. The zero-order chi connectivity index (χ0) is 14.8. The Kier molecular flexibility index (Phi) is 4.62. The van der Waals surface area contributed by atoms with Crippen LogP contribution in [-0.4, -0.2) is 56.3 Å². The van der Waals surface area contributed by atoms with Gasteiger partial charge in [-0.2, -0.15) is 4.31 Å². The second kappa shape index (κ2) is 6.07. The van der Waals surface area contributed by atoms with E-state index in [4.69, 9.17) is 0 Å². The molecule has 0 aromatic carbocycles. The van der Waals surface area contributed by atoms with Crippen LogP contribution in [0, 0.1) is 5.92 Å². The maximum atomic E-state index is 12.4. The van der Waals surface area contributed by atoms with Crippen LogP contribution in [-0.2, 0) is 10.0 Å². The van der Waals surface area contributed by atoms with E-state index in [0.29, 0.717) is 19.0 Å². The Morgan fingerprint density at radius 2 is 1.95 bits per heavy atom. The quantitative estimate of drug-likeness (QED) is 0.870. The lowest BCUT2D eigenvalue weighted by molar-refractivity contribution is 0.225. The Bertz CT molecular complexity index is 581. The summed E-state index contributed by atoms with van der Waals surface area (Å²) >= 11 is 0. The molecule has 1 saturated heterocycles. The van der Waals surface area contributed by atoms with Crippen molar-refractivity contribution in [1.82, 2.24) is 14.2 Å². The van der Waals surface area contributed by atoms with E-state index < -0.39 is 10.0 Å². The molecule has 1 aliphatic rings. The van der Waals surface area contributed by atoms with Gasteiger partial charge in [-0.3, -0.25) is 4.79 Å². The number of aromatic amines is 1. The summed E-state index contributed by atoms with van der Waals surface area (Å²) in [5.41, 5.74) is -0.298. The van der Waals surface area contributed by atoms with Gasteiger partial charge in [-0.05, 0) is 38.9 Å². The number of hydrogen-bond acceptors (Lipinski definition) is 4. The lowest BCUT2D eigenvalue weighted by Gasteiger charge is -2.32. The minimum absolute atomic E-state index is 0.156. The molecule has 0 saturated carbocycles. The van der Waals surface area contributed by atoms with E-state index in [1.54, 1.807) is 0 Å².